The zero-order valence-corrected chi connectivity index (χ0v) is 47.0. The largest absolute Gasteiger partial charge is 0.506 e. The molecule has 0 fully saturated rings. The van der Waals surface area contributed by atoms with Crippen molar-refractivity contribution in [1.82, 2.24) is 19.6 Å². The van der Waals surface area contributed by atoms with Crippen LogP contribution in [0.15, 0.2) is 114 Å². The van der Waals surface area contributed by atoms with E-state index in [1.165, 1.54) is 66.2 Å². The number of allylic oxidation sites excluding steroid dienone is 2. The molecule has 19 nitrogen and oxygen atoms in total. The van der Waals surface area contributed by atoms with Gasteiger partial charge in [0.1, 0.15) is 29.4 Å². The van der Waals surface area contributed by atoms with Crippen molar-refractivity contribution in [1.29, 1.82) is 0 Å². The maximum atomic E-state index is 10.7. The number of nitrogens with zero attached hydrogens (tertiary/aromatic N) is 11. The summed E-state index contributed by atoms with van der Waals surface area (Å²) in [5.41, 5.74) is 9.65. The predicted octanol–water partition coefficient (Wildman–Crippen LogP) is 14.2. The van der Waals surface area contributed by atoms with Gasteiger partial charge in [0, 0.05) is 93.1 Å². The van der Waals surface area contributed by atoms with Crippen LogP contribution in [0.2, 0.25) is 0 Å². The molecule has 1 unspecified atom stereocenters. The second-order valence-electron chi connectivity index (χ2n) is 18.6. The van der Waals surface area contributed by atoms with Gasteiger partial charge in [-0.1, -0.05) is 85.4 Å². The molecule has 1 aliphatic carbocycles. The van der Waals surface area contributed by atoms with E-state index in [1.54, 1.807) is 19.7 Å². The molecule has 4 aromatic carbocycles. The van der Waals surface area contributed by atoms with Gasteiger partial charge >= 0.3 is 0 Å². The summed E-state index contributed by atoms with van der Waals surface area (Å²) in [7, 11) is 3.14. The van der Waals surface area contributed by atoms with Crippen molar-refractivity contribution in [2.45, 2.75) is 104 Å². The summed E-state index contributed by atoms with van der Waals surface area (Å²) in [5.74, 6) is -0.315. The maximum Gasteiger partial charge on any atom is 0.271 e. The fourth-order valence-corrected chi connectivity index (χ4v) is 9.92. The third-order valence-corrected chi connectivity index (χ3v) is 14.0. The third kappa shape index (κ3) is 12.1. The van der Waals surface area contributed by atoms with E-state index < -0.39 is 9.85 Å². The Kier molecular flexibility index (Phi) is 19.0. The Balaban J connectivity index is 0.000000207. The van der Waals surface area contributed by atoms with Gasteiger partial charge in [-0.15, -0.1) is 20.5 Å². The van der Waals surface area contributed by atoms with Crippen LogP contribution in [0.4, 0.5) is 39.8 Å². The number of benzene rings is 4. The minimum Gasteiger partial charge on any atom is -0.506 e. The van der Waals surface area contributed by atoms with E-state index in [1.807, 2.05) is 13.8 Å². The van der Waals surface area contributed by atoms with Crippen molar-refractivity contribution in [3.8, 4) is 23.3 Å². The molecule has 8 rings (SSSR count). The Hall–Kier alpha value is -6.62. The summed E-state index contributed by atoms with van der Waals surface area (Å²) < 4.78 is 7.37. The van der Waals surface area contributed by atoms with Gasteiger partial charge in [-0.25, -0.2) is 9.36 Å². The van der Waals surface area contributed by atoms with E-state index >= 15 is 0 Å². The quantitative estimate of drug-likeness (QED) is 0.0368. The Morgan fingerprint density at radius 1 is 0.676 bits per heavy atom. The first-order valence-corrected chi connectivity index (χ1v) is 25.3. The summed E-state index contributed by atoms with van der Waals surface area (Å²) in [5, 5.41) is 84.3. The Bertz CT molecular complexity index is 3090. The fourth-order valence-electron chi connectivity index (χ4n) is 9.20. The molecule has 6 aromatic rings. The molecule has 393 valence electrons. The average Bonchev–Trinajstić information content (AvgIpc) is 3.93. The van der Waals surface area contributed by atoms with Gasteiger partial charge in [-0.3, -0.25) is 20.2 Å². The van der Waals surface area contributed by atoms with Crippen LogP contribution in [0, 0.1) is 20.2 Å². The average molecular weight is 1190 g/mol. The number of halogens is 2. The van der Waals surface area contributed by atoms with Crippen molar-refractivity contribution in [3.05, 3.63) is 142 Å². The van der Waals surface area contributed by atoms with E-state index in [4.69, 9.17) is 0 Å². The molecule has 0 amide bonds. The number of aromatic hydroxyl groups is 4. The summed E-state index contributed by atoms with van der Waals surface area (Å²) in [6.07, 6.45) is 6.48. The van der Waals surface area contributed by atoms with Gasteiger partial charge in [0.2, 0.25) is 17.4 Å². The van der Waals surface area contributed by atoms with Gasteiger partial charge in [-0.05, 0) is 93.1 Å². The molecule has 0 spiro atoms. The van der Waals surface area contributed by atoms with E-state index in [0.29, 0.717) is 30.1 Å². The number of aryl methyl sites for hydroxylation is 4. The standard InChI is InChI=1S/C26H30Br2N.2C13H15N5O4.Co/c1-7-18-19-11-9-16(27)13-20(19)25(3,4)21(18)15-24-26(5,6)22-14-17(28)10-12-23(22)29(24)8-2;2*1-3-4-9-12(13(20)17(2)16-9)15-14-10-7-8(18(21)22)5-6-11(10)19;/h9-15,18H,7-8H2,1-6H3;2*5-7,19-20H,3-4H2,1-2H3;/q+1;;;/b21-15+;;;. The number of hydrogen-bond acceptors (Lipinski definition) is 14. The molecule has 3 heterocycles. The monoisotopic (exact) mass is 1180 g/mol. The Labute approximate surface area is 456 Å². The van der Waals surface area contributed by atoms with Gasteiger partial charge in [0.25, 0.3) is 11.4 Å². The number of aromatic nitrogens is 4. The SMILES string of the molecule is CCC1/C(=C\C2=[N+](CC)c3ccc(Br)cc3C2(C)C)C(C)(C)c2cc(Br)ccc21.CCCc1nn(C)c(O)c1N=Nc1cc([N+](=O)[O-])ccc1O.CCCc1nn(C)c(O)c1N=Nc1cc([N+](=O)[O-])ccc1O.[Co]. The third-order valence-electron chi connectivity index (χ3n) is 13.0. The van der Waals surface area contributed by atoms with Crippen molar-refractivity contribution in [2.24, 2.45) is 34.6 Å². The van der Waals surface area contributed by atoms with Crippen LogP contribution >= 0.6 is 31.9 Å². The van der Waals surface area contributed by atoms with Crippen molar-refractivity contribution in [2.75, 3.05) is 6.54 Å². The minimum atomic E-state index is -0.595. The van der Waals surface area contributed by atoms with Crippen LogP contribution in [-0.4, -0.2) is 66.7 Å². The first kappa shape index (κ1) is 58.3. The van der Waals surface area contributed by atoms with E-state index in [2.05, 4.69) is 151 Å². The number of phenols is 2. The molecule has 0 bridgehead atoms. The number of non-ortho nitro benzene ring substituents is 2. The van der Waals surface area contributed by atoms with Gasteiger partial charge < -0.3 is 20.4 Å². The van der Waals surface area contributed by atoms with Gasteiger partial charge in [-0.2, -0.15) is 14.8 Å². The van der Waals surface area contributed by atoms with E-state index in [-0.39, 0.29) is 85.0 Å². The zero-order valence-electron chi connectivity index (χ0n) is 42.8. The van der Waals surface area contributed by atoms with Crippen LogP contribution in [-0.2, 0) is 54.5 Å². The Morgan fingerprint density at radius 2 is 1.14 bits per heavy atom. The normalized spacial score (nSPS) is 15.6. The van der Waals surface area contributed by atoms with Gasteiger partial charge in [0.05, 0.1) is 26.6 Å². The molecule has 1 atom stereocenters. The van der Waals surface area contributed by atoms with Crippen LogP contribution in [0.5, 0.6) is 23.3 Å². The van der Waals surface area contributed by atoms with Crippen LogP contribution in [0.3, 0.4) is 0 Å². The Morgan fingerprint density at radius 3 is 1.57 bits per heavy atom. The summed E-state index contributed by atoms with van der Waals surface area (Å²) >= 11 is 7.38. The second kappa shape index (κ2) is 24.2. The van der Waals surface area contributed by atoms with Crippen molar-refractivity contribution in [3.63, 3.8) is 0 Å². The summed E-state index contributed by atoms with van der Waals surface area (Å²) in [6, 6.07) is 20.4. The van der Waals surface area contributed by atoms with Crippen molar-refractivity contribution < 1.29 is 51.6 Å². The zero-order chi connectivity index (χ0) is 53.7. The molecule has 74 heavy (non-hydrogen) atoms. The van der Waals surface area contributed by atoms with Crippen LogP contribution < -0.4 is 0 Å². The first-order valence-electron chi connectivity index (χ1n) is 23.7. The first-order chi connectivity index (χ1) is 34.5. The number of fused-ring (bicyclic) bond motifs is 2. The number of nitro benzene ring substituents is 2. The van der Waals surface area contributed by atoms with Gasteiger partial charge in [0.15, 0.2) is 17.1 Å². The molecule has 1 aliphatic heterocycles. The molecular weight excluding hydrogens is 1130 g/mol. The molecular formula is C52H60Br2CoN11O8+. The van der Waals surface area contributed by atoms with Crippen molar-refractivity contribution >= 4 is 77.4 Å². The number of rotatable bonds is 13. The second-order valence-corrected chi connectivity index (χ2v) is 20.4. The topological polar surface area (TPSA) is 255 Å². The molecule has 0 saturated heterocycles. The minimum absolute atomic E-state index is 0. The number of nitro groups is 2. The molecule has 2 aliphatic rings. The number of azo groups is 2. The molecule has 2 aromatic heterocycles. The molecule has 22 heteroatoms. The number of hydrogen-bond donors (Lipinski definition) is 4. The van der Waals surface area contributed by atoms with Crippen LogP contribution in [0.1, 0.15) is 109 Å². The summed E-state index contributed by atoms with van der Waals surface area (Å²) in [6.45, 7) is 19.0. The fraction of sp³-hybridized carbons (Fsp3) is 0.365. The maximum absolute atomic E-state index is 10.7. The van der Waals surface area contributed by atoms with E-state index in [9.17, 15) is 40.7 Å². The molecule has 4 N–H and O–H groups in total. The smallest absolute Gasteiger partial charge is 0.271 e. The van der Waals surface area contributed by atoms with E-state index in [0.717, 1.165) is 42.4 Å². The molecule has 0 saturated carbocycles. The van der Waals surface area contributed by atoms with Crippen LogP contribution in [0.25, 0.3) is 0 Å². The summed E-state index contributed by atoms with van der Waals surface area (Å²) in [4.78, 5) is 20.3. The molecule has 1 radical (unpaired) electrons. The number of phenolic OH excluding ortho intramolecular Hbond substituents is 2. The predicted molar refractivity (Wildman–Crippen MR) is 287 cm³/mol.